The molecular formula is C25H33N3O3. The van der Waals surface area contributed by atoms with Crippen LogP contribution < -0.4 is 14.8 Å². The lowest BCUT2D eigenvalue weighted by Gasteiger charge is -2.45. The fourth-order valence-corrected chi connectivity index (χ4v) is 4.67. The van der Waals surface area contributed by atoms with Gasteiger partial charge in [-0.05, 0) is 50.1 Å². The molecule has 1 spiro atoms. The lowest BCUT2D eigenvalue weighted by Crippen LogP contribution is -2.56. The van der Waals surface area contributed by atoms with Crippen molar-refractivity contribution in [2.45, 2.75) is 44.8 Å². The molecule has 2 aliphatic rings. The van der Waals surface area contributed by atoms with Gasteiger partial charge >= 0.3 is 0 Å². The smallest absolute Gasteiger partial charge is 0.162 e. The molecule has 1 saturated heterocycles. The number of hydrogen-bond acceptors (Lipinski definition) is 6. The number of phenols is 1. The molecule has 2 N–H and O–H groups in total. The summed E-state index contributed by atoms with van der Waals surface area (Å²) in [6, 6.07) is 13.8. The van der Waals surface area contributed by atoms with E-state index in [0.717, 1.165) is 55.1 Å². The molecule has 4 rings (SSSR count). The zero-order chi connectivity index (χ0) is 21.8. The summed E-state index contributed by atoms with van der Waals surface area (Å²) in [5.41, 5.74) is 2.65. The first-order valence-electron chi connectivity index (χ1n) is 11.3. The van der Waals surface area contributed by atoms with Gasteiger partial charge in [-0.2, -0.15) is 0 Å². The van der Waals surface area contributed by atoms with Crippen LogP contribution >= 0.6 is 0 Å². The third-order valence-corrected chi connectivity index (χ3v) is 6.43. The maximum Gasteiger partial charge on any atom is 0.162 e. The number of hydrogen-bond donors (Lipinski definition) is 2. The van der Waals surface area contributed by atoms with E-state index < -0.39 is 0 Å². The molecule has 2 aromatic carbocycles. The predicted molar refractivity (Wildman–Crippen MR) is 123 cm³/mol. The summed E-state index contributed by atoms with van der Waals surface area (Å²) in [4.78, 5) is 7.72. The van der Waals surface area contributed by atoms with Gasteiger partial charge in [-0.3, -0.25) is 10.3 Å². The SMILES string of the molecule is CCOc1cccc([C@@H]2CC(c3cccc(OC)c3)=NC3(CCN(CC)CC3)N2)c1O. The van der Waals surface area contributed by atoms with Crippen LogP contribution in [0, 0.1) is 0 Å². The van der Waals surface area contributed by atoms with Crippen LogP contribution in [-0.4, -0.2) is 54.7 Å². The van der Waals surface area contributed by atoms with E-state index in [1.807, 2.05) is 43.3 Å². The van der Waals surface area contributed by atoms with Crippen molar-refractivity contribution in [3.05, 3.63) is 53.6 Å². The molecule has 0 unspecified atom stereocenters. The Labute approximate surface area is 184 Å². The Morgan fingerprint density at radius 2 is 1.94 bits per heavy atom. The monoisotopic (exact) mass is 423 g/mol. The number of likely N-dealkylation sites (tertiary alicyclic amines) is 1. The number of piperidine rings is 1. The van der Waals surface area contributed by atoms with Crippen molar-refractivity contribution in [3.8, 4) is 17.2 Å². The van der Waals surface area contributed by atoms with Gasteiger partial charge in [0.25, 0.3) is 0 Å². The summed E-state index contributed by atoms with van der Waals surface area (Å²) in [5, 5.41) is 14.8. The number of rotatable bonds is 6. The average Bonchev–Trinajstić information content (AvgIpc) is 2.81. The highest BCUT2D eigenvalue weighted by Crippen LogP contribution is 2.40. The molecule has 0 amide bonds. The van der Waals surface area contributed by atoms with Crippen LogP contribution in [-0.2, 0) is 0 Å². The second-order valence-electron chi connectivity index (χ2n) is 8.28. The molecule has 1 atom stereocenters. The number of benzene rings is 2. The molecule has 1 fully saturated rings. The van der Waals surface area contributed by atoms with Crippen LogP contribution in [0.2, 0.25) is 0 Å². The first-order valence-corrected chi connectivity index (χ1v) is 11.3. The summed E-state index contributed by atoms with van der Waals surface area (Å²) < 4.78 is 11.1. The minimum absolute atomic E-state index is 0.0488. The Morgan fingerprint density at radius 3 is 2.65 bits per heavy atom. The molecule has 2 aliphatic heterocycles. The van der Waals surface area contributed by atoms with E-state index >= 15 is 0 Å². The second kappa shape index (κ2) is 9.28. The fraction of sp³-hybridized carbons (Fsp3) is 0.480. The van der Waals surface area contributed by atoms with Gasteiger partial charge in [0.05, 0.1) is 13.7 Å². The molecule has 2 aromatic rings. The first kappa shape index (κ1) is 21.7. The van der Waals surface area contributed by atoms with Gasteiger partial charge in [0.15, 0.2) is 11.5 Å². The molecule has 166 valence electrons. The molecule has 0 aliphatic carbocycles. The van der Waals surface area contributed by atoms with Crippen molar-refractivity contribution in [1.29, 1.82) is 0 Å². The van der Waals surface area contributed by atoms with Gasteiger partial charge in [0.1, 0.15) is 11.4 Å². The molecule has 6 heteroatoms. The minimum atomic E-state index is -0.332. The highest BCUT2D eigenvalue weighted by atomic mass is 16.5. The maximum absolute atomic E-state index is 10.9. The van der Waals surface area contributed by atoms with Gasteiger partial charge in [0.2, 0.25) is 0 Å². The van der Waals surface area contributed by atoms with Gasteiger partial charge in [-0.15, -0.1) is 0 Å². The highest BCUT2D eigenvalue weighted by Gasteiger charge is 2.40. The van der Waals surface area contributed by atoms with E-state index in [0.29, 0.717) is 18.8 Å². The number of aromatic hydroxyl groups is 1. The Hall–Kier alpha value is -2.57. The van der Waals surface area contributed by atoms with Crippen molar-refractivity contribution < 1.29 is 14.6 Å². The maximum atomic E-state index is 10.9. The molecule has 0 radical (unpaired) electrons. The van der Waals surface area contributed by atoms with Crippen LogP contribution in [0.15, 0.2) is 47.5 Å². The van der Waals surface area contributed by atoms with E-state index in [1.54, 1.807) is 7.11 Å². The summed E-state index contributed by atoms with van der Waals surface area (Å²) in [6.45, 7) is 7.73. The van der Waals surface area contributed by atoms with Crippen LogP contribution in [0.4, 0.5) is 0 Å². The van der Waals surface area contributed by atoms with E-state index in [9.17, 15) is 5.11 Å². The molecule has 0 bridgehead atoms. The molecule has 0 aromatic heterocycles. The lowest BCUT2D eigenvalue weighted by atomic mass is 9.87. The zero-order valence-electron chi connectivity index (χ0n) is 18.7. The largest absolute Gasteiger partial charge is 0.504 e. The summed E-state index contributed by atoms with van der Waals surface area (Å²) in [5.74, 6) is 1.57. The van der Waals surface area contributed by atoms with Crippen molar-refractivity contribution in [2.75, 3.05) is 33.4 Å². The number of nitrogens with one attached hydrogen (secondary N) is 1. The Morgan fingerprint density at radius 1 is 1.16 bits per heavy atom. The van der Waals surface area contributed by atoms with Crippen LogP contribution in [0.5, 0.6) is 17.2 Å². The molecule has 2 heterocycles. The first-order chi connectivity index (χ1) is 15.1. The van der Waals surface area contributed by atoms with Crippen molar-refractivity contribution in [3.63, 3.8) is 0 Å². The zero-order valence-corrected chi connectivity index (χ0v) is 18.7. The van der Waals surface area contributed by atoms with Gasteiger partial charge in [0, 0.05) is 36.8 Å². The molecule has 31 heavy (non-hydrogen) atoms. The second-order valence-corrected chi connectivity index (χ2v) is 8.28. The van der Waals surface area contributed by atoms with Crippen molar-refractivity contribution in [1.82, 2.24) is 10.2 Å². The van der Waals surface area contributed by atoms with Crippen molar-refractivity contribution in [2.24, 2.45) is 4.99 Å². The number of phenolic OH excluding ortho intramolecular Hbond substituents is 1. The van der Waals surface area contributed by atoms with E-state index in [4.69, 9.17) is 14.5 Å². The van der Waals surface area contributed by atoms with Crippen molar-refractivity contribution >= 4 is 5.71 Å². The number of ether oxygens (including phenoxy) is 2. The van der Waals surface area contributed by atoms with E-state index in [1.165, 1.54) is 0 Å². The van der Waals surface area contributed by atoms with E-state index in [-0.39, 0.29) is 17.5 Å². The van der Waals surface area contributed by atoms with E-state index in [2.05, 4.69) is 23.2 Å². The molecular weight excluding hydrogens is 390 g/mol. The Kier molecular flexibility index (Phi) is 6.49. The quantitative estimate of drug-likeness (QED) is 0.731. The Balaban J connectivity index is 1.72. The normalized spacial score (nSPS) is 21.0. The average molecular weight is 424 g/mol. The topological polar surface area (TPSA) is 66.3 Å². The molecule has 0 saturated carbocycles. The predicted octanol–water partition coefficient (Wildman–Crippen LogP) is 4.14. The van der Waals surface area contributed by atoms with Gasteiger partial charge in [-0.25, -0.2) is 0 Å². The standard InChI is InChI=1S/C25H33N3O3/c1-4-28-14-12-25(13-15-28)26-21(18-8-6-9-19(16-18)30-3)17-22(27-25)20-10-7-11-23(24(20)29)31-5-2/h6-11,16,22,27,29H,4-5,12-15,17H2,1-3H3/t22-/m0/s1. The summed E-state index contributed by atoms with van der Waals surface area (Å²) >= 11 is 0. The number of para-hydroxylation sites is 1. The van der Waals surface area contributed by atoms with Crippen LogP contribution in [0.3, 0.4) is 0 Å². The van der Waals surface area contributed by atoms with Crippen LogP contribution in [0.1, 0.15) is 50.3 Å². The number of methoxy groups -OCH3 is 1. The third kappa shape index (κ3) is 4.55. The lowest BCUT2D eigenvalue weighted by molar-refractivity contribution is 0.129. The van der Waals surface area contributed by atoms with Crippen LogP contribution in [0.25, 0.3) is 0 Å². The van der Waals surface area contributed by atoms with Gasteiger partial charge < -0.3 is 19.5 Å². The number of aliphatic imine (C=N–C) groups is 1. The summed E-state index contributed by atoms with van der Waals surface area (Å²) in [7, 11) is 1.69. The fourth-order valence-electron chi connectivity index (χ4n) is 4.67. The Bertz CT molecular complexity index is 935. The molecule has 6 nitrogen and oxygen atoms in total. The highest BCUT2D eigenvalue weighted by molar-refractivity contribution is 6.02. The number of nitrogens with zero attached hydrogens (tertiary/aromatic N) is 2. The minimum Gasteiger partial charge on any atom is -0.504 e. The van der Waals surface area contributed by atoms with Gasteiger partial charge in [-0.1, -0.05) is 31.2 Å². The summed E-state index contributed by atoms with van der Waals surface area (Å²) in [6.07, 6.45) is 2.57. The third-order valence-electron chi connectivity index (χ3n) is 6.43.